The van der Waals surface area contributed by atoms with Gasteiger partial charge in [-0.25, -0.2) is 18.4 Å². The number of nitro groups is 1. The maximum absolute atomic E-state index is 12.4. The van der Waals surface area contributed by atoms with Gasteiger partial charge in [-0.1, -0.05) is 30.3 Å². The lowest BCUT2D eigenvalue weighted by Gasteiger charge is -2.08. The molecule has 0 aliphatic carbocycles. The van der Waals surface area contributed by atoms with Crippen LogP contribution >= 0.6 is 0 Å². The average Bonchev–Trinajstić information content (AvgIpc) is 2.62. The third-order valence-corrected chi connectivity index (χ3v) is 4.70. The fraction of sp³-hybridized carbons (Fsp3) is 0. The quantitative estimate of drug-likeness (QED) is 0.555. The van der Waals surface area contributed by atoms with E-state index >= 15 is 0 Å². The summed E-state index contributed by atoms with van der Waals surface area (Å²) in [6, 6.07) is 15.3. The molecule has 0 fully saturated rings. The fourth-order valence-electron chi connectivity index (χ4n) is 2.12. The van der Waals surface area contributed by atoms with Crippen LogP contribution in [0.2, 0.25) is 0 Å². The molecule has 1 heterocycles. The summed E-state index contributed by atoms with van der Waals surface area (Å²) in [5.74, 6) is 0.104. The van der Waals surface area contributed by atoms with E-state index in [1.807, 2.05) is 30.3 Å². The van der Waals surface area contributed by atoms with Gasteiger partial charge in [0.05, 0.1) is 15.5 Å². The number of nitrogens with one attached hydrogen (secondary N) is 1. The van der Waals surface area contributed by atoms with Gasteiger partial charge in [-0.05, 0) is 12.1 Å². The van der Waals surface area contributed by atoms with Crippen LogP contribution in [-0.2, 0) is 10.0 Å². The average molecular weight is 356 g/mol. The number of aromatic nitrogens is 2. The van der Waals surface area contributed by atoms with Gasteiger partial charge in [0.15, 0.2) is 0 Å². The number of rotatable bonds is 5. The zero-order valence-corrected chi connectivity index (χ0v) is 13.6. The summed E-state index contributed by atoms with van der Waals surface area (Å²) in [7, 11) is -3.92. The molecule has 9 heteroatoms. The lowest BCUT2D eigenvalue weighted by molar-refractivity contribution is -0.384. The van der Waals surface area contributed by atoms with Crippen molar-refractivity contribution in [3.05, 3.63) is 77.1 Å². The second-order valence-corrected chi connectivity index (χ2v) is 6.69. The molecular weight excluding hydrogens is 344 g/mol. The highest BCUT2D eigenvalue weighted by Crippen LogP contribution is 2.21. The van der Waals surface area contributed by atoms with Crippen molar-refractivity contribution in [1.82, 2.24) is 9.97 Å². The Kier molecular flexibility index (Phi) is 4.40. The molecule has 1 N–H and O–H groups in total. The first-order valence-corrected chi connectivity index (χ1v) is 8.59. The van der Waals surface area contributed by atoms with Crippen molar-refractivity contribution in [2.24, 2.45) is 0 Å². The lowest BCUT2D eigenvalue weighted by Crippen LogP contribution is -2.14. The van der Waals surface area contributed by atoms with E-state index in [-0.39, 0.29) is 16.4 Å². The zero-order chi connectivity index (χ0) is 17.9. The minimum atomic E-state index is -3.92. The van der Waals surface area contributed by atoms with Gasteiger partial charge in [-0.3, -0.25) is 14.8 Å². The molecule has 0 aliphatic rings. The number of sulfonamides is 1. The van der Waals surface area contributed by atoms with Gasteiger partial charge in [0.1, 0.15) is 12.1 Å². The SMILES string of the molecule is O=[N+]([O-])c1ccc(S(=O)(=O)Nc2cc(-c3ccccc3)ncn2)cc1. The zero-order valence-electron chi connectivity index (χ0n) is 12.7. The van der Waals surface area contributed by atoms with Crippen LogP contribution in [0.25, 0.3) is 11.3 Å². The summed E-state index contributed by atoms with van der Waals surface area (Å²) >= 11 is 0. The third-order valence-electron chi connectivity index (χ3n) is 3.33. The third kappa shape index (κ3) is 3.78. The van der Waals surface area contributed by atoms with Crippen LogP contribution in [0.1, 0.15) is 0 Å². The second kappa shape index (κ2) is 6.65. The predicted molar refractivity (Wildman–Crippen MR) is 91.4 cm³/mol. The molecule has 0 bridgehead atoms. The molecule has 8 nitrogen and oxygen atoms in total. The highest BCUT2D eigenvalue weighted by molar-refractivity contribution is 7.92. The first-order chi connectivity index (χ1) is 12.0. The molecular formula is C16H12N4O4S. The van der Waals surface area contributed by atoms with E-state index in [0.717, 1.165) is 17.7 Å². The Bertz CT molecular complexity index is 1010. The molecule has 0 amide bonds. The van der Waals surface area contributed by atoms with Crippen molar-refractivity contribution >= 4 is 21.5 Å². The van der Waals surface area contributed by atoms with Gasteiger partial charge >= 0.3 is 0 Å². The van der Waals surface area contributed by atoms with Gasteiger partial charge in [0.2, 0.25) is 0 Å². The molecule has 3 aromatic rings. The molecule has 0 saturated carbocycles. The van der Waals surface area contributed by atoms with Crippen LogP contribution in [0.3, 0.4) is 0 Å². The molecule has 2 aromatic carbocycles. The molecule has 126 valence electrons. The van der Waals surface area contributed by atoms with E-state index in [2.05, 4.69) is 14.7 Å². The number of nitro benzene ring substituents is 1. The topological polar surface area (TPSA) is 115 Å². The number of non-ortho nitro benzene ring substituents is 1. The van der Waals surface area contributed by atoms with E-state index in [0.29, 0.717) is 5.69 Å². The highest BCUT2D eigenvalue weighted by atomic mass is 32.2. The van der Waals surface area contributed by atoms with Crippen molar-refractivity contribution in [2.45, 2.75) is 4.90 Å². The van der Waals surface area contributed by atoms with Crippen molar-refractivity contribution < 1.29 is 13.3 Å². The Labute approximate surface area is 143 Å². The van der Waals surface area contributed by atoms with Gasteiger partial charge < -0.3 is 0 Å². The number of benzene rings is 2. The van der Waals surface area contributed by atoms with Crippen LogP contribution in [0.15, 0.2) is 71.9 Å². The molecule has 0 saturated heterocycles. The first kappa shape index (κ1) is 16.5. The summed E-state index contributed by atoms with van der Waals surface area (Å²) in [5.41, 5.74) is 1.20. The van der Waals surface area contributed by atoms with E-state index in [1.54, 1.807) is 0 Å². The number of hydrogen-bond donors (Lipinski definition) is 1. The Morgan fingerprint density at radius 2 is 1.64 bits per heavy atom. The molecule has 3 rings (SSSR count). The number of nitrogens with zero attached hydrogens (tertiary/aromatic N) is 3. The van der Waals surface area contributed by atoms with Crippen molar-refractivity contribution in [1.29, 1.82) is 0 Å². The lowest BCUT2D eigenvalue weighted by atomic mass is 10.1. The van der Waals surface area contributed by atoms with E-state index in [1.165, 1.54) is 24.5 Å². The smallest absolute Gasteiger partial charge is 0.263 e. The normalized spacial score (nSPS) is 11.0. The maximum Gasteiger partial charge on any atom is 0.269 e. The fourth-order valence-corrected chi connectivity index (χ4v) is 3.12. The molecule has 25 heavy (non-hydrogen) atoms. The summed E-state index contributed by atoms with van der Waals surface area (Å²) in [4.78, 5) is 18.0. The van der Waals surface area contributed by atoms with Crippen LogP contribution in [0.5, 0.6) is 0 Å². The molecule has 0 radical (unpaired) electrons. The Morgan fingerprint density at radius 3 is 2.28 bits per heavy atom. The van der Waals surface area contributed by atoms with Gasteiger partial charge in [0.25, 0.3) is 15.7 Å². The monoisotopic (exact) mass is 356 g/mol. The number of hydrogen-bond acceptors (Lipinski definition) is 6. The minimum absolute atomic E-state index is 0.0991. The second-order valence-electron chi connectivity index (χ2n) is 5.01. The maximum atomic E-state index is 12.4. The first-order valence-electron chi connectivity index (χ1n) is 7.10. The van der Waals surface area contributed by atoms with E-state index in [9.17, 15) is 18.5 Å². The Balaban J connectivity index is 1.87. The van der Waals surface area contributed by atoms with E-state index in [4.69, 9.17) is 0 Å². The summed E-state index contributed by atoms with van der Waals surface area (Å²) in [6.07, 6.45) is 1.26. The van der Waals surface area contributed by atoms with Gasteiger partial charge in [-0.15, -0.1) is 0 Å². The van der Waals surface area contributed by atoms with Crippen LogP contribution in [0.4, 0.5) is 11.5 Å². The molecule has 0 spiro atoms. The predicted octanol–water partition coefficient (Wildman–Crippen LogP) is 2.85. The van der Waals surface area contributed by atoms with Crippen LogP contribution in [-0.4, -0.2) is 23.3 Å². The Hall–Kier alpha value is -3.33. The van der Waals surface area contributed by atoms with Crippen LogP contribution in [0, 0.1) is 10.1 Å². The summed E-state index contributed by atoms with van der Waals surface area (Å²) in [6.45, 7) is 0. The van der Waals surface area contributed by atoms with E-state index < -0.39 is 14.9 Å². The highest BCUT2D eigenvalue weighted by Gasteiger charge is 2.17. The number of anilines is 1. The Morgan fingerprint density at radius 1 is 0.960 bits per heavy atom. The van der Waals surface area contributed by atoms with Crippen LogP contribution < -0.4 is 4.72 Å². The van der Waals surface area contributed by atoms with Crippen molar-refractivity contribution in [2.75, 3.05) is 4.72 Å². The largest absolute Gasteiger partial charge is 0.269 e. The minimum Gasteiger partial charge on any atom is -0.263 e. The molecule has 0 atom stereocenters. The summed E-state index contributed by atoms with van der Waals surface area (Å²) in [5, 5.41) is 10.6. The molecule has 0 aliphatic heterocycles. The summed E-state index contributed by atoms with van der Waals surface area (Å²) < 4.78 is 27.1. The standard InChI is InChI=1S/C16H12N4O4S/c21-20(22)13-6-8-14(9-7-13)25(23,24)19-16-10-15(17-11-18-16)12-4-2-1-3-5-12/h1-11H,(H,17,18,19). The van der Waals surface area contributed by atoms with Crippen molar-refractivity contribution in [3.63, 3.8) is 0 Å². The van der Waals surface area contributed by atoms with Gasteiger partial charge in [-0.2, -0.15) is 0 Å². The molecule has 0 unspecified atom stereocenters. The van der Waals surface area contributed by atoms with Gasteiger partial charge in [0, 0.05) is 23.8 Å². The van der Waals surface area contributed by atoms with Crippen molar-refractivity contribution in [3.8, 4) is 11.3 Å². The molecule has 1 aromatic heterocycles.